The molecule has 0 fully saturated rings. The fourth-order valence-corrected chi connectivity index (χ4v) is 2.26. The molecule has 0 amide bonds. The Morgan fingerprint density at radius 1 is 1.37 bits per heavy atom. The van der Waals surface area contributed by atoms with E-state index in [9.17, 15) is 0 Å². The third kappa shape index (κ3) is 2.45. The highest BCUT2D eigenvalue weighted by Gasteiger charge is 2.13. The summed E-state index contributed by atoms with van der Waals surface area (Å²) in [4.78, 5) is 12.7. The van der Waals surface area contributed by atoms with Crippen molar-refractivity contribution in [3.05, 3.63) is 40.9 Å². The van der Waals surface area contributed by atoms with Crippen LogP contribution in [0.15, 0.2) is 28.2 Å². The van der Waals surface area contributed by atoms with Crippen LogP contribution in [0.2, 0.25) is 0 Å². The molecule has 0 saturated carbocycles. The SMILES string of the molecule is Cc1cccnc1-c1noc(Cc2csc(N)n2)n1. The molecular formula is C12H11N5OS. The van der Waals surface area contributed by atoms with Crippen LogP contribution in [0, 0.1) is 6.92 Å². The first-order chi connectivity index (χ1) is 9.22. The molecule has 6 nitrogen and oxygen atoms in total. The minimum Gasteiger partial charge on any atom is -0.375 e. The van der Waals surface area contributed by atoms with Crippen LogP contribution in [-0.2, 0) is 6.42 Å². The smallest absolute Gasteiger partial charge is 0.233 e. The lowest BCUT2D eigenvalue weighted by molar-refractivity contribution is 0.385. The minimum absolute atomic E-state index is 0.479. The first-order valence-corrected chi connectivity index (χ1v) is 6.55. The van der Waals surface area contributed by atoms with Crippen LogP contribution < -0.4 is 5.73 Å². The molecule has 3 heterocycles. The van der Waals surface area contributed by atoms with Gasteiger partial charge in [0.15, 0.2) is 5.13 Å². The molecule has 3 aromatic rings. The van der Waals surface area contributed by atoms with Crippen molar-refractivity contribution in [1.82, 2.24) is 20.1 Å². The molecule has 0 saturated heterocycles. The number of nitrogen functional groups attached to an aromatic ring is 1. The van der Waals surface area contributed by atoms with Gasteiger partial charge in [-0.3, -0.25) is 4.98 Å². The van der Waals surface area contributed by atoms with Gasteiger partial charge in [0, 0.05) is 11.6 Å². The summed E-state index contributed by atoms with van der Waals surface area (Å²) in [5.74, 6) is 1.00. The first kappa shape index (κ1) is 11.8. The van der Waals surface area contributed by atoms with Gasteiger partial charge in [-0.05, 0) is 18.6 Å². The van der Waals surface area contributed by atoms with Crippen molar-refractivity contribution >= 4 is 16.5 Å². The molecule has 3 rings (SSSR count). The third-order valence-corrected chi connectivity index (χ3v) is 3.31. The molecule has 3 aromatic heterocycles. The highest BCUT2D eigenvalue weighted by Crippen LogP contribution is 2.19. The van der Waals surface area contributed by atoms with Crippen LogP contribution in [0.1, 0.15) is 17.1 Å². The van der Waals surface area contributed by atoms with E-state index in [0.29, 0.717) is 23.3 Å². The molecule has 0 aliphatic carbocycles. The zero-order chi connectivity index (χ0) is 13.2. The zero-order valence-electron chi connectivity index (χ0n) is 10.2. The molecule has 0 atom stereocenters. The molecule has 7 heteroatoms. The molecule has 0 radical (unpaired) electrons. The monoisotopic (exact) mass is 273 g/mol. The number of rotatable bonds is 3. The van der Waals surface area contributed by atoms with E-state index in [0.717, 1.165) is 17.0 Å². The third-order valence-electron chi connectivity index (χ3n) is 2.59. The van der Waals surface area contributed by atoms with Gasteiger partial charge in [-0.25, -0.2) is 4.98 Å². The number of hydrogen-bond acceptors (Lipinski definition) is 7. The molecule has 0 unspecified atom stereocenters. The summed E-state index contributed by atoms with van der Waals surface area (Å²) in [5.41, 5.74) is 8.15. The van der Waals surface area contributed by atoms with Gasteiger partial charge in [0.05, 0.1) is 12.1 Å². The Morgan fingerprint density at radius 3 is 3.00 bits per heavy atom. The molecule has 0 aliphatic heterocycles. The summed E-state index contributed by atoms with van der Waals surface area (Å²) in [5, 5.41) is 6.36. The molecule has 0 spiro atoms. The highest BCUT2D eigenvalue weighted by molar-refractivity contribution is 7.13. The van der Waals surface area contributed by atoms with E-state index in [1.54, 1.807) is 6.20 Å². The molecule has 96 valence electrons. The zero-order valence-corrected chi connectivity index (χ0v) is 11.0. The van der Waals surface area contributed by atoms with Gasteiger partial charge in [0.25, 0.3) is 0 Å². The molecule has 19 heavy (non-hydrogen) atoms. The first-order valence-electron chi connectivity index (χ1n) is 5.67. The topological polar surface area (TPSA) is 90.7 Å². The van der Waals surface area contributed by atoms with Crippen molar-refractivity contribution in [2.45, 2.75) is 13.3 Å². The van der Waals surface area contributed by atoms with Crippen molar-refractivity contribution < 1.29 is 4.52 Å². The second-order valence-corrected chi connectivity index (χ2v) is 4.92. The van der Waals surface area contributed by atoms with E-state index in [2.05, 4.69) is 20.1 Å². The maximum atomic E-state index is 5.58. The van der Waals surface area contributed by atoms with Gasteiger partial charge < -0.3 is 10.3 Å². The quantitative estimate of drug-likeness (QED) is 0.785. The number of aromatic nitrogens is 4. The van der Waals surface area contributed by atoms with Gasteiger partial charge in [0.2, 0.25) is 11.7 Å². The summed E-state index contributed by atoms with van der Waals surface area (Å²) in [6.07, 6.45) is 2.19. The van der Waals surface area contributed by atoms with Crippen molar-refractivity contribution in [2.75, 3.05) is 5.73 Å². The summed E-state index contributed by atoms with van der Waals surface area (Å²) in [6.45, 7) is 1.96. The average Bonchev–Trinajstić information content (AvgIpc) is 3.00. The maximum Gasteiger partial charge on any atom is 0.233 e. The lowest BCUT2D eigenvalue weighted by Crippen LogP contribution is -1.92. The molecule has 2 N–H and O–H groups in total. The molecule has 0 aromatic carbocycles. The second-order valence-electron chi connectivity index (χ2n) is 4.03. The van der Waals surface area contributed by atoms with E-state index in [-0.39, 0.29) is 0 Å². The van der Waals surface area contributed by atoms with E-state index in [4.69, 9.17) is 10.3 Å². The summed E-state index contributed by atoms with van der Waals surface area (Å²) in [6, 6.07) is 3.83. The minimum atomic E-state index is 0.479. The molecule has 0 bridgehead atoms. The van der Waals surface area contributed by atoms with Crippen molar-refractivity contribution in [1.29, 1.82) is 0 Å². The predicted octanol–water partition coefficient (Wildman–Crippen LogP) is 2.07. The maximum absolute atomic E-state index is 5.58. The predicted molar refractivity (Wildman–Crippen MR) is 71.6 cm³/mol. The summed E-state index contributed by atoms with van der Waals surface area (Å²) >= 11 is 1.39. The number of anilines is 1. The standard InChI is InChI=1S/C12H11N5OS/c1-7-3-2-4-14-10(7)11-16-9(18-17-11)5-8-6-19-12(13)15-8/h2-4,6H,5H2,1H3,(H2,13,15). The van der Waals surface area contributed by atoms with Crippen LogP contribution in [0.5, 0.6) is 0 Å². The Bertz CT molecular complexity index is 705. The van der Waals surface area contributed by atoms with Crippen LogP contribution in [0.4, 0.5) is 5.13 Å². The van der Waals surface area contributed by atoms with Crippen LogP contribution >= 0.6 is 11.3 Å². The van der Waals surface area contributed by atoms with E-state index in [1.165, 1.54) is 11.3 Å². The van der Waals surface area contributed by atoms with Gasteiger partial charge in [-0.15, -0.1) is 11.3 Å². The van der Waals surface area contributed by atoms with Crippen LogP contribution in [-0.4, -0.2) is 20.1 Å². The number of nitrogens with zero attached hydrogens (tertiary/aromatic N) is 4. The van der Waals surface area contributed by atoms with Gasteiger partial charge >= 0.3 is 0 Å². The van der Waals surface area contributed by atoms with Gasteiger partial charge in [-0.1, -0.05) is 11.2 Å². The summed E-state index contributed by atoms with van der Waals surface area (Å²) in [7, 11) is 0. The van der Waals surface area contributed by atoms with Crippen molar-refractivity contribution in [3.63, 3.8) is 0 Å². The molecule has 0 aliphatic rings. The number of nitrogens with two attached hydrogens (primary N) is 1. The van der Waals surface area contributed by atoms with Crippen LogP contribution in [0.3, 0.4) is 0 Å². The Labute approximate surface area is 113 Å². The second kappa shape index (κ2) is 4.77. The fourth-order valence-electron chi connectivity index (χ4n) is 1.70. The summed E-state index contributed by atoms with van der Waals surface area (Å²) < 4.78 is 5.21. The largest absolute Gasteiger partial charge is 0.375 e. The van der Waals surface area contributed by atoms with Crippen molar-refractivity contribution in [3.8, 4) is 11.5 Å². The average molecular weight is 273 g/mol. The van der Waals surface area contributed by atoms with E-state index in [1.807, 2.05) is 24.4 Å². The number of aryl methyl sites for hydroxylation is 1. The van der Waals surface area contributed by atoms with Gasteiger partial charge in [0.1, 0.15) is 5.69 Å². The lowest BCUT2D eigenvalue weighted by Gasteiger charge is -1.96. The van der Waals surface area contributed by atoms with E-state index >= 15 is 0 Å². The lowest BCUT2D eigenvalue weighted by atomic mass is 10.2. The number of pyridine rings is 1. The number of thiazole rings is 1. The normalized spacial score (nSPS) is 10.8. The number of hydrogen-bond donors (Lipinski definition) is 1. The van der Waals surface area contributed by atoms with Crippen LogP contribution in [0.25, 0.3) is 11.5 Å². The Morgan fingerprint density at radius 2 is 2.26 bits per heavy atom. The Balaban J connectivity index is 1.86. The molecular weight excluding hydrogens is 262 g/mol. The Kier molecular flexibility index (Phi) is 2.96. The fraction of sp³-hybridized carbons (Fsp3) is 0.167. The Hall–Kier alpha value is -2.28. The van der Waals surface area contributed by atoms with Gasteiger partial charge in [-0.2, -0.15) is 4.98 Å². The highest BCUT2D eigenvalue weighted by atomic mass is 32.1. The van der Waals surface area contributed by atoms with E-state index < -0.39 is 0 Å². The van der Waals surface area contributed by atoms with Crippen molar-refractivity contribution in [2.24, 2.45) is 0 Å².